The zero-order valence-corrected chi connectivity index (χ0v) is 14.8. The van der Waals surface area contributed by atoms with Crippen LogP contribution in [-0.2, 0) is 6.42 Å². The first-order chi connectivity index (χ1) is 13.2. The first-order valence-corrected chi connectivity index (χ1v) is 8.91. The molecule has 27 heavy (non-hydrogen) atoms. The highest BCUT2D eigenvalue weighted by Crippen LogP contribution is 2.37. The quantitative estimate of drug-likeness (QED) is 0.565. The summed E-state index contributed by atoms with van der Waals surface area (Å²) in [6.45, 7) is 2.04. The second-order valence-electron chi connectivity index (χ2n) is 6.90. The number of nitrogens with one attached hydrogen (secondary N) is 2. The molecule has 0 saturated heterocycles. The van der Waals surface area contributed by atoms with Crippen LogP contribution >= 0.6 is 0 Å². The summed E-state index contributed by atoms with van der Waals surface area (Å²) < 4.78 is 4.95. The first-order valence-electron chi connectivity index (χ1n) is 8.91. The maximum absolute atomic E-state index is 9.25. The van der Waals surface area contributed by atoms with E-state index in [0.29, 0.717) is 0 Å². The van der Waals surface area contributed by atoms with E-state index >= 15 is 0 Å². The van der Waals surface area contributed by atoms with Crippen LogP contribution in [0.3, 0.4) is 0 Å². The maximum Gasteiger partial charge on any atom is 0.133 e. The van der Waals surface area contributed by atoms with Crippen molar-refractivity contribution < 1.29 is 4.52 Å². The highest BCUT2D eigenvalue weighted by atomic mass is 16.5. The van der Waals surface area contributed by atoms with E-state index in [2.05, 4.69) is 44.9 Å². The van der Waals surface area contributed by atoms with Gasteiger partial charge in [-0.3, -0.25) is 5.10 Å². The molecule has 2 aromatic carbocycles. The number of H-pyrrole nitrogens is 1. The Morgan fingerprint density at radius 2 is 2.22 bits per heavy atom. The molecule has 0 spiro atoms. The minimum Gasteiger partial charge on any atom is -0.378 e. The molecule has 2 aromatic heterocycles. The van der Waals surface area contributed by atoms with Gasteiger partial charge in [-0.25, -0.2) is 0 Å². The van der Waals surface area contributed by atoms with Gasteiger partial charge in [0.1, 0.15) is 12.0 Å². The van der Waals surface area contributed by atoms with Crippen LogP contribution in [0.15, 0.2) is 47.3 Å². The number of fused-ring (bicyclic) bond motifs is 2. The molecule has 1 atom stereocenters. The van der Waals surface area contributed by atoms with Gasteiger partial charge in [0.2, 0.25) is 0 Å². The van der Waals surface area contributed by atoms with Crippen LogP contribution in [0.25, 0.3) is 22.2 Å². The topological polar surface area (TPSA) is 90.5 Å². The zero-order valence-electron chi connectivity index (χ0n) is 14.8. The molecule has 0 unspecified atom stereocenters. The number of rotatable bonds is 3. The van der Waals surface area contributed by atoms with Gasteiger partial charge in [-0.1, -0.05) is 11.2 Å². The first kappa shape index (κ1) is 15.6. The second-order valence-corrected chi connectivity index (χ2v) is 6.90. The lowest BCUT2D eigenvalue weighted by atomic mass is 9.98. The summed E-state index contributed by atoms with van der Waals surface area (Å²) in [5, 5.41) is 25.1. The van der Waals surface area contributed by atoms with E-state index in [1.807, 2.05) is 19.1 Å². The van der Waals surface area contributed by atoms with Crippen LogP contribution in [0.5, 0.6) is 0 Å². The van der Waals surface area contributed by atoms with Crippen molar-refractivity contribution in [3.8, 4) is 17.3 Å². The Balaban J connectivity index is 1.49. The Morgan fingerprint density at radius 1 is 1.30 bits per heavy atom. The van der Waals surface area contributed by atoms with E-state index in [9.17, 15) is 5.26 Å². The molecule has 1 aliphatic rings. The lowest BCUT2D eigenvalue weighted by Crippen LogP contribution is -2.07. The maximum atomic E-state index is 9.25. The van der Waals surface area contributed by atoms with Gasteiger partial charge in [0, 0.05) is 11.1 Å². The number of nitriles is 1. The fourth-order valence-corrected chi connectivity index (χ4v) is 4.00. The van der Waals surface area contributed by atoms with E-state index < -0.39 is 0 Å². The molecule has 0 radical (unpaired) electrons. The van der Waals surface area contributed by atoms with Crippen molar-refractivity contribution in [3.63, 3.8) is 0 Å². The van der Waals surface area contributed by atoms with Crippen LogP contribution in [0.4, 0.5) is 5.69 Å². The van der Waals surface area contributed by atoms with Gasteiger partial charge in [0.15, 0.2) is 0 Å². The number of benzene rings is 2. The molecule has 1 aliphatic carbocycles. The van der Waals surface area contributed by atoms with E-state index in [1.54, 1.807) is 12.5 Å². The van der Waals surface area contributed by atoms with Crippen molar-refractivity contribution in [2.75, 3.05) is 5.32 Å². The molecule has 0 saturated carbocycles. The van der Waals surface area contributed by atoms with Gasteiger partial charge in [0.05, 0.1) is 35.0 Å². The predicted molar refractivity (Wildman–Crippen MR) is 102 cm³/mol. The molecular formula is C21H17N5O. The predicted octanol–water partition coefficient (Wildman–Crippen LogP) is 4.50. The summed E-state index contributed by atoms with van der Waals surface area (Å²) in [5.41, 5.74) is 8.17. The smallest absolute Gasteiger partial charge is 0.133 e. The molecule has 0 amide bonds. The zero-order chi connectivity index (χ0) is 18.4. The van der Waals surface area contributed by atoms with Crippen molar-refractivity contribution in [2.45, 2.75) is 25.8 Å². The minimum absolute atomic E-state index is 0.245. The molecule has 132 valence electrons. The Bertz CT molecular complexity index is 1180. The van der Waals surface area contributed by atoms with Crippen molar-refractivity contribution in [2.24, 2.45) is 0 Å². The molecule has 0 aliphatic heterocycles. The third kappa shape index (κ3) is 2.48. The summed E-state index contributed by atoms with van der Waals surface area (Å²) in [6, 6.07) is 12.7. The number of nitrogens with zero attached hydrogens (tertiary/aromatic N) is 3. The monoisotopic (exact) mass is 355 g/mol. The number of aromatic amines is 1. The normalized spacial score (nSPS) is 15.6. The highest BCUT2D eigenvalue weighted by Gasteiger charge is 2.25. The van der Waals surface area contributed by atoms with Gasteiger partial charge in [-0.05, 0) is 60.7 Å². The molecule has 6 nitrogen and oxygen atoms in total. The SMILES string of the molecule is Cc1c(C#N)ccc2c1CC[C@@H]2Nc1ccc2[nH]nc(-c3cnoc3)c2c1. The molecule has 0 bridgehead atoms. The van der Waals surface area contributed by atoms with Gasteiger partial charge >= 0.3 is 0 Å². The largest absolute Gasteiger partial charge is 0.378 e. The average Bonchev–Trinajstić information content (AvgIpc) is 3.41. The van der Waals surface area contributed by atoms with Gasteiger partial charge < -0.3 is 9.84 Å². The minimum atomic E-state index is 0.245. The summed E-state index contributed by atoms with van der Waals surface area (Å²) in [6.07, 6.45) is 5.28. The third-order valence-corrected chi connectivity index (χ3v) is 5.42. The molecule has 6 heteroatoms. The van der Waals surface area contributed by atoms with E-state index in [4.69, 9.17) is 4.52 Å². The van der Waals surface area contributed by atoms with Gasteiger partial charge in [-0.15, -0.1) is 0 Å². The Kier molecular flexibility index (Phi) is 3.47. The molecule has 4 aromatic rings. The fourth-order valence-electron chi connectivity index (χ4n) is 4.00. The van der Waals surface area contributed by atoms with Crippen LogP contribution in [0, 0.1) is 18.3 Å². The molecule has 2 heterocycles. The van der Waals surface area contributed by atoms with Crippen LogP contribution < -0.4 is 5.32 Å². The lowest BCUT2D eigenvalue weighted by Gasteiger charge is -2.16. The van der Waals surface area contributed by atoms with Crippen molar-refractivity contribution in [1.29, 1.82) is 5.26 Å². The van der Waals surface area contributed by atoms with E-state index in [-0.39, 0.29) is 6.04 Å². The number of anilines is 1. The number of aromatic nitrogens is 3. The van der Waals surface area contributed by atoms with Gasteiger partial charge in [0.25, 0.3) is 0 Å². The number of hydrogen-bond donors (Lipinski definition) is 2. The van der Waals surface area contributed by atoms with Crippen LogP contribution in [-0.4, -0.2) is 15.4 Å². The standard InChI is InChI=1S/C21H17N5O/c1-12-13(9-22)2-4-17-16(12)5-7-19(17)24-15-3-6-20-18(8-15)21(26-25-20)14-10-23-27-11-14/h2-4,6,8,10-11,19,24H,5,7H2,1H3,(H,25,26)/t19-/m0/s1. The fraction of sp³-hybridized carbons (Fsp3) is 0.190. The molecule has 0 fully saturated rings. The van der Waals surface area contributed by atoms with Crippen molar-refractivity contribution in [3.05, 3.63) is 65.0 Å². The van der Waals surface area contributed by atoms with Crippen molar-refractivity contribution >= 4 is 16.6 Å². The second kappa shape index (κ2) is 5.99. The Labute approximate surface area is 155 Å². The summed E-state index contributed by atoms with van der Waals surface area (Å²) in [4.78, 5) is 0. The Hall–Kier alpha value is -3.59. The van der Waals surface area contributed by atoms with Crippen LogP contribution in [0.1, 0.15) is 34.7 Å². The Morgan fingerprint density at radius 3 is 3.04 bits per heavy atom. The summed E-state index contributed by atoms with van der Waals surface area (Å²) >= 11 is 0. The molecule has 5 rings (SSSR count). The number of hydrogen-bond acceptors (Lipinski definition) is 5. The molecular weight excluding hydrogens is 338 g/mol. The van der Waals surface area contributed by atoms with Crippen LogP contribution in [0.2, 0.25) is 0 Å². The third-order valence-electron chi connectivity index (χ3n) is 5.42. The lowest BCUT2D eigenvalue weighted by molar-refractivity contribution is 0.420. The summed E-state index contributed by atoms with van der Waals surface area (Å²) in [5.74, 6) is 0. The summed E-state index contributed by atoms with van der Waals surface area (Å²) in [7, 11) is 0. The van der Waals surface area contributed by atoms with Gasteiger partial charge in [-0.2, -0.15) is 10.4 Å². The van der Waals surface area contributed by atoms with E-state index in [0.717, 1.165) is 51.8 Å². The molecule has 2 N–H and O–H groups in total. The van der Waals surface area contributed by atoms with E-state index in [1.165, 1.54) is 11.1 Å². The van der Waals surface area contributed by atoms with Crippen molar-refractivity contribution in [1.82, 2.24) is 15.4 Å². The average molecular weight is 355 g/mol. The highest BCUT2D eigenvalue weighted by molar-refractivity contribution is 5.94.